The largest absolute Gasteiger partial charge is 0.486 e. The number of furan rings is 1. The van der Waals surface area contributed by atoms with E-state index in [2.05, 4.69) is 14.9 Å². The average Bonchev–Trinajstić information content (AvgIpc) is 3.59. The highest BCUT2D eigenvalue weighted by atomic mass is 32.2. The quantitative estimate of drug-likeness (QED) is 0.491. The molecule has 3 aromatic rings. The molecule has 10 heteroatoms. The van der Waals surface area contributed by atoms with Crippen molar-refractivity contribution < 1.29 is 27.1 Å². The van der Waals surface area contributed by atoms with Crippen molar-refractivity contribution in [2.75, 3.05) is 37.6 Å². The molecule has 0 aliphatic carbocycles. The maximum Gasteiger partial charge on any atom is 0.262 e. The van der Waals surface area contributed by atoms with Crippen LogP contribution >= 0.6 is 0 Å². The molecule has 1 amide bonds. The van der Waals surface area contributed by atoms with E-state index < -0.39 is 10.0 Å². The molecule has 0 saturated carbocycles. The molecule has 1 fully saturated rings. The highest BCUT2D eigenvalue weighted by Gasteiger charge is 2.26. The summed E-state index contributed by atoms with van der Waals surface area (Å²) < 4.78 is 44.7. The molecule has 0 radical (unpaired) electrons. The third kappa shape index (κ3) is 5.28. The standard InChI is InChI=1S/C25H27N3O6S/c29-25(26-17-21(22-4-3-13-32-22)28-11-1-2-12-28)18-5-7-19(8-6-18)27-35(30,31)20-9-10-23-24(16-20)34-15-14-33-23/h3-10,13,16,21,27H,1-2,11-12,14-15,17H2,(H,26,29)/t21-/m1/s1. The lowest BCUT2D eigenvalue weighted by Gasteiger charge is -2.26. The van der Waals surface area contributed by atoms with Crippen LogP contribution in [0.3, 0.4) is 0 Å². The molecule has 0 unspecified atom stereocenters. The Balaban J connectivity index is 1.22. The van der Waals surface area contributed by atoms with Crippen molar-refractivity contribution >= 4 is 21.6 Å². The zero-order chi connectivity index (χ0) is 24.3. The minimum atomic E-state index is -3.84. The zero-order valence-electron chi connectivity index (χ0n) is 19.1. The Morgan fingerprint density at radius 3 is 2.43 bits per heavy atom. The van der Waals surface area contributed by atoms with E-state index in [0.29, 0.717) is 42.5 Å². The van der Waals surface area contributed by atoms with E-state index in [9.17, 15) is 13.2 Å². The Bertz CT molecular complexity index is 1270. The highest BCUT2D eigenvalue weighted by molar-refractivity contribution is 7.92. The second-order valence-corrected chi connectivity index (χ2v) is 10.2. The van der Waals surface area contributed by atoms with Crippen molar-refractivity contribution in [3.63, 3.8) is 0 Å². The fraction of sp³-hybridized carbons (Fsp3) is 0.320. The summed E-state index contributed by atoms with van der Waals surface area (Å²) in [5.74, 6) is 1.51. The zero-order valence-corrected chi connectivity index (χ0v) is 19.9. The van der Waals surface area contributed by atoms with Crippen molar-refractivity contribution in [1.29, 1.82) is 0 Å². The van der Waals surface area contributed by atoms with Crippen LogP contribution in [0.1, 0.15) is 35.0 Å². The van der Waals surface area contributed by atoms with Crippen molar-refractivity contribution in [3.8, 4) is 11.5 Å². The summed E-state index contributed by atoms with van der Waals surface area (Å²) in [6, 6.07) is 14.6. The molecular weight excluding hydrogens is 470 g/mol. The lowest BCUT2D eigenvalue weighted by Crippen LogP contribution is -2.36. The van der Waals surface area contributed by atoms with Crippen LogP contribution in [0.25, 0.3) is 0 Å². The Hall–Kier alpha value is -3.50. The Morgan fingerprint density at radius 1 is 0.971 bits per heavy atom. The summed E-state index contributed by atoms with van der Waals surface area (Å²) >= 11 is 0. The summed E-state index contributed by atoms with van der Waals surface area (Å²) in [6.45, 7) is 3.16. The molecule has 1 aromatic heterocycles. The number of nitrogens with zero attached hydrogens (tertiary/aromatic N) is 1. The van der Waals surface area contributed by atoms with Crippen molar-refractivity contribution in [3.05, 3.63) is 72.2 Å². The molecule has 1 saturated heterocycles. The molecule has 2 aliphatic rings. The Morgan fingerprint density at radius 2 is 1.71 bits per heavy atom. The molecule has 184 valence electrons. The van der Waals surface area contributed by atoms with Crippen LogP contribution in [0, 0.1) is 0 Å². The van der Waals surface area contributed by atoms with E-state index in [4.69, 9.17) is 13.9 Å². The second kappa shape index (κ2) is 10.0. The van der Waals surface area contributed by atoms with Gasteiger partial charge in [-0.25, -0.2) is 8.42 Å². The van der Waals surface area contributed by atoms with Gasteiger partial charge in [-0.3, -0.25) is 14.4 Å². The predicted molar refractivity (Wildman–Crippen MR) is 129 cm³/mol. The number of anilines is 1. The van der Waals surface area contributed by atoms with Crippen LogP contribution < -0.4 is 19.5 Å². The smallest absolute Gasteiger partial charge is 0.262 e. The van der Waals surface area contributed by atoms with Gasteiger partial charge < -0.3 is 19.2 Å². The molecule has 2 aliphatic heterocycles. The highest BCUT2D eigenvalue weighted by Crippen LogP contribution is 2.33. The lowest BCUT2D eigenvalue weighted by atomic mass is 10.1. The summed E-state index contributed by atoms with van der Waals surface area (Å²) in [5, 5.41) is 2.98. The van der Waals surface area contributed by atoms with Crippen molar-refractivity contribution in [2.24, 2.45) is 0 Å². The lowest BCUT2D eigenvalue weighted by molar-refractivity contribution is 0.0934. The SMILES string of the molecule is O=C(NC[C@H](c1ccco1)N1CCCC1)c1ccc(NS(=O)(=O)c2ccc3c(c2)OCCO3)cc1. The topological polar surface area (TPSA) is 110 Å². The number of carbonyl (C=O) groups is 1. The van der Waals surface area contributed by atoms with Crippen LogP contribution in [0.15, 0.2) is 70.2 Å². The van der Waals surface area contributed by atoms with Gasteiger partial charge in [-0.2, -0.15) is 0 Å². The third-order valence-corrected chi connectivity index (χ3v) is 7.51. The first kappa shape index (κ1) is 23.3. The van der Waals surface area contributed by atoms with E-state index >= 15 is 0 Å². The molecule has 0 spiro atoms. The van der Waals surface area contributed by atoms with E-state index in [1.165, 1.54) is 12.1 Å². The number of ether oxygens (including phenoxy) is 2. The molecule has 1 atom stereocenters. The van der Waals surface area contributed by atoms with Crippen LogP contribution in [-0.4, -0.2) is 52.1 Å². The maximum absolute atomic E-state index is 12.8. The third-order valence-electron chi connectivity index (χ3n) is 6.13. The van der Waals surface area contributed by atoms with Crippen LogP contribution in [0.5, 0.6) is 11.5 Å². The molecule has 35 heavy (non-hydrogen) atoms. The fourth-order valence-electron chi connectivity index (χ4n) is 4.33. The van der Waals surface area contributed by atoms with Gasteiger partial charge in [-0.1, -0.05) is 0 Å². The molecule has 2 aromatic carbocycles. The van der Waals surface area contributed by atoms with Crippen LogP contribution in [0.4, 0.5) is 5.69 Å². The predicted octanol–water partition coefficient (Wildman–Crippen LogP) is 3.42. The molecule has 0 bridgehead atoms. The number of hydrogen-bond donors (Lipinski definition) is 2. The van der Waals surface area contributed by atoms with E-state index in [1.54, 1.807) is 36.6 Å². The first-order valence-electron chi connectivity index (χ1n) is 11.6. The van der Waals surface area contributed by atoms with E-state index in [0.717, 1.165) is 31.7 Å². The molecule has 2 N–H and O–H groups in total. The number of hydrogen-bond acceptors (Lipinski definition) is 7. The van der Waals surface area contributed by atoms with Gasteiger partial charge in [0.2, 0.25) is 0 Å². The summed E-state index contributed by atoms with van der Waals surface area (Å²) in [7, 11) is -3.84. The maximum atomic E-state index is 12.8. The van der Waals surface area contributed by atoms with Gasteiger partial charge in [0.15, 0.2) is 11.5 Å². The number of rotatable bonds is 8. The van der Waals surface area contributed by atoms with Gasteiger partial charge in [-0.05, 0) is 74.5 Å². The Labute approximate surface area is 204 Å². The summed E-state index contributed by atoms with van der Waals surface area (Å²) in [6.07, 6.45) is 3.91. The number of sulfonamides is 1. The van der Waals surface area contributed by atoms with Gasteiger partial charge in [0.25, 0.3) is 15.9 Å². The minimum absolute atomic E-state index is 0.0199. The van der Waals surface area contributed by atoms with E-state index in [1.807, 2.05) is 12.1 Å². The number of benzene rings is 2. The normalized spacial score (nSPS) is 16.6. The summed E-state index contributed by atoms with van der Waals surface area (Å²) in [5.41, 5.74) is 0.786. The Kier molecular flexibility index (Phi) is 6.65. The number of fused-ring (bicyclic) bond motifs is 1. The molecule has 5 rings (SSSR count). The monoisotopic (exact) mass is 497 g/mol. The number of amides is 1. The van der Waals surface area contributed by atoms with Gasteiger partial charge in [-0.15, -0.1) is 0 Å². The molecular formula is C25H27N3O6S. The number of nitrogens with one attached hydrogen (secondary N) is 2. The number of likely N-dealkylation sites (tertiary alicyclic amines) is 1. The molecule has 9 nitrogen and oxygen atoms in total. The average molecular weight is 498 g/mol. The first-order valence-corrected chi connectivity index (χ1v) is 13.1. The van der Waals surface area contributed by atoms with Crippen molar-refractivity contribution in [1.82, 2.24) is 10.2 Å². The van der Waals surface area contributed by atoms with Gasteiger partial charge in [0.1, 0.15) is 19.0 Å². The van der Waals surface area contributed by atoms with Gasteiger partial charge >= 0.3 is 0 Å². The van der Waals surface area contributed by atoms with Crippen LogP contribution in [-0.2, 0) is 10.0 Å². The van der Waals surface area contributed by atoms with Gasteiger partial charge in [0.05, 0.1) is 17.2 Å². The van der Waals surface area contributed by atoms with Gasteiger partial charge in [0, 0.05) is 23.9 Å². The number of carbonyl (C=O) groups excluding carboxylic acids is 1. The second-order valence-electron chi connectivity index (χ2n) is 8.47. The fourth-order valence-corrected chi connectivity index (χ4v) is 5.40. The minimum Gasteiger partial charge on any atom is -0.486 e. The summed E-state index contributed by atoms with van der Waals surface area (Å²) in [4.78, 5) is 15.1. The molecule has 3 heterocycles. The van der Waals surface area contributed by atoms with E-state index in [-0.39, 0.29) is 16.8 Å². The first-order chi connectivity index (χ1) is 17.0. The van der Waals surface area contributed by atoms with Crippen molar-refractivity contribution in [2.45, 2.75) is 23.8 Å². The van der Waals surface area contributed by atoms with Crippen LogP contribution in [0.2, 0.25) is 0 Å².